The molecular weight excluding hydrogens is 525 g/mol. The van der Waals surface area contributed by atoms with E-state index in [2.05, 4.69) is 10.3 Å². The van der Waals surface area contributed by atoms with Gasteiger partial charge in [0.05, 0.1) is 0 Å². The van der Waals surface area contributed by atoms with E-state index in [0.717, 1.165) is 5.56 Å². The Morgan fingerprint density at radius 1 is 1.00 bits per heavy atom. The molecule has 4 aromatic rings. The second-order valence-corrected chi connectivity index (χ2v) is 9.90. The summed E-state index contributed by atoms with van der Waals surface area (Å²) in [6.07, 6.45) is 3.63. The monoisotopic (exact) mass is 547 g/mol. The SMILES string of the molecule is O=C(O)c1cc2cc(NC(=O)[C@@H]3[C@@H](c4ccccc4)CCN3C(=O)/C=C/c3cc(Cl)ccc3Cl)ccc2[nH]1. The van der Waals surface area contributed by atoms with Gasteiger partial charge >= 0.3 is 5.97 Å². The molecular formula is C29H23Cl2N3O4. The van der Waals surface area contributed by atoms with E-state index in [9.17, 15) is 19.5 Å². The number of amides is 2. The number of H-pyrrole nitrogens is 1. The molecule has 5 rings (SSSR count). The second kappa shape index (κ2) is 10.7. The summed E-state index contributed by atoms with van der Waals surface area (Å²) in [5, 5.41) is 13.8. The summed E-state index contributed by atoms with van der Waals surface area (Å²) in [4.78, 5) is 42.7. The topological polar surface area (TPSA) is 102 Å². The molecule has 1 aliphatic heterocycles. The first kappa shape index (κ1) is 25.6. The Hall–Kier alpha value is -4.07. The smallest absolute Gasteiger partial charge is 0.352 e. The van der Waals surface area contributed by atoms with E-state index in [-0.39, 0.29) is 23.4 Å². The molecule has 1 aromatic heterocycles. The van der Waals surface area contributed by atoms with Gasteiger partial charge in [0.1, 0.15) is 11.7 Å². The van der Waals surface area contributed by atoms with Crippen molar-refractivity contribution in [3.8, 4) is 0 Å². The minimum absolute atomic E-state index is 0.0618. The normalized spacial score (nSPS) is 17.3. The van der Waals surface area contributed by atoms with Crippen molar-refractivity contribution in [3.05, 3.63) is 106 Å². The number of carbonyl (C=O) groups is 3. The van der Waals surface area contributed by atoms with E-state index in [1.807, 2.05) is 30.3 Å². The number of aromatic amines is 1. The van der Waals surface area contributed by atoms with Crippen LogP contribution in [0.5, 0.6) is 0 Å². The molecule has 192 valence electrons. The van der Waals surface area contributed by atoms with Crippen LogP contribution in [0.4, 0.5) is 5.69 Å². The average molecular weight is 548 g/mol. The number of nitrogens with zero attached hydrogens (tertiary/aromatic N) is 1. The van der Waals surface area contributed by atoms with Crippen molar-refractivity contribution in [1.29, 1.82) is 0 Å². The molecule has 2 atom stereocenters. The lowest BCUT2D eigenvalue weighted by Crippen LogP contribution is -2.44. The van der Waals surface area contributed by atoms with E-state index < -0.39 is 12.0 Å². The zero-order chi connectivity index (χ0) is 26.8. The van der Waals surface area contributed by atoms with Gasteiger partial charge < -0.3 is 20.3 Å². The van der Waals surface area contributed by atoms with Crippen LogP contribution in [0.15, 0.2) is 78.9 Å². The van der Waals surface area contributed by atoms with Crippen LogP contribution in [-0.2, 0) is 9.59 Å². The van der Waals surface area contributed by atoms with Crippen LogP contribution in [0.25, 0.3) is 17.0 Å². The number of nitrogens with one attached hydrogen (secondary N) is 2. The van der Waals surface area contributed by atoms with Crippen LogP contribution < -0.4 is 5.32 Å². The molecule has 2 heterocycles. The van der Waals surface area contributed by atoms with Crippen molar-refractivity contribution in [3.63, 3.8) is 0 Å². The van der Waals surface area contributed by atoms with Gasteiger partial charge in [0.25, 0.3) is 0 Å². The lowest BCUT2D eigenvalue weighted by atomic mass is 9.91. The fourth-order valence-corrected chi connectivity index (χ4v) is 5.22. The van der Waals surface area contributed by atoms with Crippen LogP contribution in [-0.4, -0.2) is 45.4 Å². The molecule has 0 saturated carbocycles. The molecule has 1 fully saturated rings. The average Bonchev–Trinajstić information content (AvgIpc) is 3.54. The van der Waals surface area contributed by atoms with E-state index in [0.29, 0.717) is 45.2 Å². The summed E-state index contributed by atoms with van der Waals surface area (Å²) < 4.78 is 0. The van der Waals surface area contributed by atoms with Gasteiger partial charge in [-0.1, -0.05) is 53.5 Å². The number of fused-ring (bicyclic) bond motifs is 1. The van der Waals surface area contributed by atoms with Gasteiger partial charge in [0.2, 0.25) is 11.8 Å². The van der Waals surface area contributed by atoms with Crippen LogP contribution in [0.2, 0.25) is 10.0 Å². The Morgan fingerprint density at radius 3 is 2.55 bits per heavy atom. The van der Waals surface area contributed by atoms with Crippen molar-refractivity contribution < 1.29 is 19.5 Å². The molecule has 0 unspecified atom stereocenters. The Labute approximate surface area is 228 Å². The minimum Gasteiger partial charge on any atom is -0.477 e. The summed E-state index contributed by atoms with van der Waals surface area (Å²) >= 11 is 12.3. The number of anilines is 1. The van der Waals surface area contributed by atoms with E-state index in [4.69, 9.17) is 23.2 Å². The maximum Gasteiger partial charge on any atom is 0.352 e. The van der Waals surface area contributed by atoms with Crippen LogP contribution in [0.1, 0.15) is 34.0 Å². The number of hydrogen-bond acceptors (Lipinski definition) is 3. The third-order valence-electron chi connectivity index (χ3n) is 6.66. The fraction of sp³-hybridized carbons (Fsp3) is 0.138. The predicted octanol–water partition coefficient (Wildman–Crippen LogP) is 6.21. The van der Waals surface area contributed by atoms with Crippen molar-refractivity contribution in [1.82, 2.24) is 9.88 Å². The summed E-state index contributed by atoms with van der Waals surface area (Å²) in [6, 6.07) is 20.5. The van der Waals surface area contributed by atoms with Gasteiger partial charge in [-0.3, -0.25) is 9.59 Å². The molecule has 0 radical (unpaired) electrons. The van der Waals surface area contributed by atoms with Gasteiger partial charge in [0.15, 0.2) is 0 Å². The Bertz CT molecular complexity index is 1560. The number of likely N-dealkylation sites (tertiary alicyclic amines) is 1. The first-order chi connectivity index (χ1) is 18.3. The number of benzene rings is 3. The number of aromatic carboxylic acids is 1. The predicted molar refractivity (Wildman–Crippen MR) is 149 cm³/mol. The van der Waals surface area contributed by atoms with E-state index >= 15 is 0 Å². The number of aromatic nitrogens is 1. The molecule has 3 aromatic carbocycles. The molecule has 0 aliphatic carbocycles. The Kier molecular flexibility index (Phi) is 7.22. The quantitative estimate of drug-likeness (QED) is 0.249. The molecule has 0 spiro atoms. The summed E-state index contributed by atoms with van der Waals surface area (Å²) in [5.41, 5.74) is 2.78. The molecule has 3 N–H and O–H groups in total. The fourth-order valence-electron chi connectivity index (χ4n) is 4.85. The first-order valence-corrected chi connectivity index (χ1v) is 12.7. The number of rotatable bonds is 6. The van der Waals surface area contributed by atoms with Crippen molar-refractivity contribution in [2.45, 2.75) is 18.4 Å². The standard InChI is InChI=1S/C29H23Cl2N3O4/c30-20-7-9-23(31)18(14-20)6-11-26(35)34-13-12-22(17-4-2-1-3-5-17)27(34)28(36)32-21-8-10-24-19(15-21)16-25(33-24)29(37)38/h1-11,14-16,22,27,33H,12-13H2,(H,32,36)(H,37,38)/b11-6+/t22-,27+/m1/s1. The van der Waals surface area contributed by atoms with Crippen LogP contribution in [0, 0.1) is 0 Å². The first-order valence-electron chi connectivity index (χ1n) is 12.0. The molecule has 2 amide bonds. The highest BCUT2D eigenvalue weighted by molar-refractivity contribution is 6.34. The van der Waals surface area contributed by atoms with E-state index in [1.165, 1.54) is 12.1 Å². The van der Waals surface area contributed by atoms with Crippen molar-refractivity contribution in [2.24, 2.45) is 0 Å². The maximum atomic E-state index is 13.7. The lowest BCUT2D eigenvalue weighted by molar-refractivity contribution is -0.133. The van der Waals surface area contributed by atoms with Gasteiger partial charge in [-0.25, -0.2) is 4.79 Å². The molecule has 7 nitrogen and oxygen atoms in total. The number of carboxylic acid groups (broad SMARTS) is 1. The largest absolute Gasteiger partial charge is 0.477 e. The van der Waals surface area contributed by atoms with Crippen molar-refractivity contribution >= 4 is 63.7 Å². The maximum absolute atomic E-state index is 13.7. The van der Waals surface area contributed by atoms with E-state index in [1.54, 1.807) is 47.4 Å². The molecule has 1 saturated heterocycles. The zero-order valence-electron chi connectivity index (χ0n) is 20.0. The van der Waals surface area contributed by atoms with Gasteiger partial charge in [-0.2, -0.15) is 0 Å². The number of hydrogen-bond donors (Lipinski definition) is 3. The lowest BCUT2D eigenvalue weighted by Gasteiger charge is -2.27. The van der Waals surface area contributed by atoms with Crippen molar-refractivity contribution in [2.75, 3.05) is 11.9 Å². The van der Waals surface area contributed by atoms with Crippen LogP contribution >= 0.6 is 23.2 Å². The minimum atomic E-state index is -1.07. The summed E-state index contributed by atoms with van der Waals surface area (Å²) in [7, 11) is 0. The zero-order valence-corrected chi connectivity index (χ0v) is 21.5. The number of carboxylic acids is 1. The Balaban J connectivity index is 1.42. The van der Waals surface area contributed by atoms with Gasteiger partial charge in [-0.15, -0.1) is 0 Å². The molecule has 9 heteroatoms. The molecule has 38 heavy (non-hydrogen) atoms. The second-order valence-electron chi connectivity index (χ2n) is 9.06. The summed E-state index contributed by atoms with van der Waals surface area (Å²) in [5.74, 6) is -1.90. The van der Waals surface area contributed by atoms with Gasteiger partial charge in [0, 0.05) is 45.2 Å². The number of halogens is 2. The number of carbonyl (C=O) groups excluding carboxylic acids is 2. The summed E-state index contributed by atoms with van der Waals surface area (Å²) in [6.45, 7) is 0.406. The third kappa shape index (κ3) is 5.30. The Morgan fingerprint density at radius 2 is 1.79 bits per heavy atom. The highest BCUT2D eigenvalue weighted by Crippen LogP contribution is 2.35. The molecule has 0 bridgehead atoms. The van der Waals surface area contributed by atoms with Gasteiger partial charge in [-0.05, 0) is 66.1 Å². The molecule has 1 aliphatic rings. The highest BCUT2D eigenvalue weighted by atomic mass is 35.5. The third-order valence-corrected chi connectivity index (χ3v) is 7.24. The highest BCUT2D eigenvalue weighted by Gasteiger charge is 2.42. The van der Waals surface area contributed by atoms with Crippen LogP contribution in [0.3, 0.4) is 0 Å².